The van der Waals surface area contributed by atoms with E-state index in [-0.39, 0.29) is 6.10 Å². The summed E-state index contributed by atoms with van der Waals surface area (Å²) >= 11 is 3.44. The molecule has 1 heterocycles. The van der Waals surface area contributed by atoms with Crippen molar-refractivity contribution in [3.8, 4) is 5.75 Å². The first-order valence-corrected chi connectivity index (χ1v) is 6.53. The molecule has 2 N–H and O–H groups in total. The van der Waals surface area contributed by atoms with Gasteiger partial charge in [-0.3, -0.25) is 4.98 Å². The van der Waals surface area contributed by atoms with Crippen LogP contribution in [-0.2, 0) is 0 Å². The molecule has 2 aromatic rings. The fourth-order valence-corrected chi connectivity index (χ4v) is 2.02. The first-order chi connectivity index (χ1) is 8.70. The molecule has 18 heavy (non-hydrogen) atoms. The highest BCUT2D eigenvalue weighted by molar-refractivity contribution is 9.10. The largest absolute Gasteiger partial charge is 0.484 e. The Kier molecular flexibility index (Phi) is 4.33. The topological polar surface area (TPSA) is 48.1 Å². The van der Waals surface area contributed by atoms with Crippen LogP contribution >= 0.6 is 15.9 Å². The Morgan fingerprint density at radius 1 is 1.28 bits per heavy atom. The van der Waals surface area contributed by atoms with Crippen LogP contribution in [0.15, 0.2) is 47.2 Å². The molecule has 2 rings (SSSR count). The zero-order chi connectivity index (χ0) is 13.0. The van der Waals surface area contributed by atoms with Crippen molar-refractivity contribution in [1.29, 1.82) is 0 Å². The van der Waals surface area contributed by atoms with Crippen LogP contribution in [-0.4, -0.2) is 11.5 Å². The number of hydrogen-bond donors (Lipinski definition) is 1. The van der Waals surface area contributed by atoms with Crippen LogP contribution in [0.3, 0.4) is 0 Å². The molecule has 1 aromatic carbocycles. The molecule has 0 aliphatic rings. The smallest absolute Gasteiger partial charge is 0.136 e. The van der Waals surface area contributed by atoms with E-state index in [0.717, 1.165) is 21.3 Å². The summed E-state index contributed by atoms with van der Waals surface area (Å²) in [5, 5.41) is 0. The average Bonchev–Trinajstić information content (AvgIpc) is 2.41. The van der Waals surface area contributed by atoms with Crippen LogP contribution in [0.1, 0.15) is 17.2 Å². The highest BCUT2D eigenvalue weighted by atomic mass is 79.9. The van der Waals surface area contributed by atoms with Gasteiger partial charge in [-0.1, -0.05) is 22.0 Å². The van der Waals surface area contributed by atoms with Gasteiger partial charge in [-0.05, 0) is 42.3 Å². The van der Waals surface area contributed by atoms with Gasteiger partial charge in [-0.25, -0.2) is 0 Å². The minimum Gasteiger partial charge on any atom is -0.484 e. The van der Waals surface area contributed by atoms with E-state index in [2.05, 4.69) is 20.9 Å². The van der Waals surface area contributed by atoms with Crippen molar-refractivity contribution in [1.82, 2.24) is 4.98 Å². The molecule has 94 valence electrons. The van der Waals surface area contributed by atoms with Gasteiger partial charge in [-0.2, -0.15) is 0 Å². The molecule has 0 saturated carbocycles. The minimum absolute atomic E-state index is 0.152. The fourth-order valence-electron chi connectivity index (χ4n) is 1.68. The van der Waals surface area contributed by atoms with Crippen LogP contribution in [0.5, 0.6) is 5.75 Å². The maximum absolute atomic E-state index is 5.98. The number of aromatic nitrogens is 1. The molecule has 0 aliphatic carbocycles. The second-order valence-electron chi connectivity index (χ2n) is 4.03. The van der Waals surface area contributed by atoms with Crippen molar-refractivity contribution in [2.24, 2.45) is 5.73 Å². The van der Waals surface area contributed by atoms with Crippen LogP contribution in [0.2, 0.25) is 0 Å². The molecule has 0 amide bonds. The summed E-state index contributed by atoms with van der Waals surface area (Å²) in [6, 6.07) is 9.81. The number of nitrogens with zero attached hydrogens (tertiary/aromatic N) is 1. The molecule has 0 fully saturated rings. The van der Waals surface area contributed by atoms with Gasteiger partial charge in [0.05, 0.1) is 0 Å². The minimum atomic E-state index is -0.152. The van der Waals surface area contributed by atoms with Crippen LogP contribution in [0.25, 0.3) is 0 Å². The van der Waals surface area contributed by atoms with Gasteiger partial charge in [0.2, 0.25) is 0 Å². The lowest BCUT2D eigenvalue weighted by Crippen LogP contribution is -2.18. The van der Waals surface area contributed by atoms with E-state index in [4.69, 9.17) is 10.5 Å². The predicted molar refractivity (Wildman–Crippen MR) is 75.5 cm³/mol. The molecular weight excluding hydrogens is 292 g/mol. The lowest BCUT2D eigenvalue weighted by atomic mass is 10.1. The number of aryl methyl sites for hydroxylation is 1. The van der Waals surface area contributed by atoms with Gasteiger partial charge in [0.15, 0.2) is 0 Å². The average molecular weight is 307 g/mol. The number of pyridine rings is 1. The second kappa shape index (κ2) is 5.98. The maximum atomic E-state index is 5.98. The van der Waals surface area contributed by atoms with Gasteiger partial charge in [0.25, 0.3) is 0 Å². The summed E-state index contributed by atoms with van der Waals surface area (Å²) < 4.78 is 6.97. The van der Waals surface area contributed by atoms with Gasteiger partial charge >= 0.3 is 0 Å². The SMILES string of the molecule is Cc1ccc(Br)cc1OC(CN)c1ccncc1. The molecule has 1 atom stereocenters. The van der Waals surface area contributed by atoms with E-state index in [1.165, 1.54) is 0 Å². The monoisotopic (exact) mass is 306 g/mol. The van der Waals surface area contributed by atoms with Gasteiger partial charge < -0.3 is 10.5 Å². The fraction of sp³-hybridized carbons (Fsp3) is 0.214. The summed E-state index contributed by atoms with van der Waals surface area (Å²) in [6.45, 7) is 2.44. The van der Waals surface area contributed by atoms with Gasteiger partial charge in [-0.15, -0.1) is 0 Å². The summed E-state index contributed by atoms with van der Waals surface area (Å²) in [6.07, 6.45) is 3.34. The number of hydrogen-bond acceptors (Lipinski definition) is 3. The Morgan fingerprint density at radius 3 is 2.67 bits per heavy atom. The van der Waals surface area contributed by atoms with Crippen molar-refractivity contribution in [2.75, 3.05) is 6.54 Å². The van der Waals surface area contributed by atoms with E-state index < -0.39 is 0 Å². The van der Waals surface area contributed by atoms with Crippen LogP contribution < -0.4 is 10.5 Å². The number of nitrogens with two attached hydrogens (primary N) is 1. The van der Waals surface area contributed by atoms with Gasteiger partial charge in [0.1, 0.15) is 11.9 Å². The van der Waals surface area contributed by atoms with E-state index >= 15 is 0 Å². The molecule has 1 unspecified atom stereocenters. The number of rotatable bonds is 4. The predicted octanol–water partition coefficient (Wildman–Crippen LogP) is 3.23. The molecular formula is C14H15BrN2O. The normalized spacial score (nSPS) is 12.2. The van der Waals surface area contributed by atoms with Crippen molar-refractivity contribution in [3.63, 3.8) is 0 Å². The zero-order valence-corrected chi connectivity index (χ0v) is 11.7. The standard InChI is InChI=1S/C14H15BrN2O/c1-10-2-3-12(15)8-13(10)18-14(9-16)11-4-6-17-7-5-11/h2-8,14H,9,16H2,1H3. The number of ether oxygens (including phenoxy) is 1. The molecule has 0 radical (unpaired) electrons. The Hall–Kier alpha value is -1.39. The Bertz CT molecular complexity index is 516. The quantitative estimate of drug-likeness (QED) is 0.943. The highest BCUT2D eigenvalue weighted by Crippen LogP contribution is 2.27. The first-order valence-electron chi connectivity index (χ1n) is 5.73. The third-order valence-electron chi connectivity index (χ3n) is 2.71. The summed E-state index contributed by atoms with van der Waals surface area (Å²) in [4.78, 5) is 4.00. The third-order valence-corrected chi connectivity index (χ3v) is 3.20. The lowest BCUT2D eigenvalue weighted by Gasteiger charge is -2.19. The Balaban J connectivity index is 2.23. The van der Waals surface area contributed by atoms with E-state index in [9.17, 15) is 0 Å². The van der Waals surface area contributed by atoms with Crippen LogP contribution in [0.4, 0.5) is 0 Å². The van der Waals surface area contributed by atoms with E-state index in [1.54, 1.807) is 12.4 Å². The number of halogens is 1. The second-order valence-corrected chi connectivity index (χ2v) is 4.95. The van der Waals surface area contributed by atoms with E-state index in [1.807, 2.05) is 37.3 Å². The zero-order valence-electron chi connectivity index (χ0n) is 10.1. The van der Waals surface area contributed by atoms with Crippen molar-refractivity contribution >= 4 is 15.9 Å². The van der Waals surface area contributed by atoms with E-state index in [0.29, 0.717) is 6.54 Å². The lowest BCUT2D eigenvalue weighted by molar-refractivity contribution is 0.212. The molecule has 1 aromatic heterocycles. The van der Waals surface area contributed by atoms with Crippen LogP contribution in [0, 0.1) is 6.92 Å². The summed E-state index contributed by atoms with van der Waals surface area (Å²) in [5.41, 5.74) is 7.91. The Morgan fingerprint density at radius 2 is 2.00 bits per heavy atom. The highest BCUT2D eigenvalue weighted by Gasteiger charge is 2.12. The Labute approximate surface area is 115 Å². The van der Waals surface area contributed by atoms with Crippen molar-refractivity contribution < 1.29 is 4.74 Å². The van der Waals surface area contributed by atoms with Gasteiger partial charge in [0, 0.05) is 23.4 Å². The molecule has 0 aliphatic heterocycles. The third kappa shape index (κ3) is 3.09. The molecule has 0 bridgehead atoms. The number of benzene rings is 1. The summed E-state index contributed by atoms with van der Waals surface area (Å²) in [7, 11) is 0. The van der Waals surface area contributed by atoms with Crippen molar-refractivity contribution in [2.45, 2.75) is 13.0 Å². The maximum Gasteiger partial charge on any atom is 0.136 e. The van der Waals surface area contributed by atoms with Crippen molar-refractivity contribution in [3.05, 3.63) is 58.3 Å². The molecule has 0 spiro atoms. The molecule has 4 heteroatoms. The summed E-state index contributed by atoms with van der Waals surface area (Å²) in [5.74, 6) is 0.844. The molecule has 3 nitrogen and oxygen atoms in total. The first kappa shape index (κ1) is 13.1. The molecule has 0 saturated heterocycles.